The molecule has 0 aromatic heterocycles. The van der Waals surface area contributed by atoms with E-state index in [-0.39, 0.29) is 0 Å². The van der Waals surface area contributed by atoms with Crippen molar-refractivity contribution in [3.05, 3.63) is 12.2 Å². The molecule has 0 bridgehead atoms. The van der Waals surface area contributed by atoms with Crippen molar-refractivity contribution < 1.29 is 0 Å². The van der Waals surface area contributed by atoms with Gasteiger partial charge in [-0.3, -0.25) is 0 Å². The molecule has 10 heavy (non-hydrogen) atoms. The topological polar surface area (TPSA) is 0 Å². The first-order chi connectivity index (χ1) is 4.52. The second kappa shape index (κ2) is 4.02. The Labute approximate surface area is 69.3 Å². The number of hydrogen-bond donors (Lipinski definition) is 0. The van der Waals surface area contributed by atoms with Crippen molar-refractivity contribution in [2.24, 2.45) is 5.41 Å². The summed E-state index contributed by atoms with van der Waals surface area (Å²) in [4.78, 5) is 0. The maximum atomic E-state index is 5.62. The molecule has 0 aromatic carbocycles. The van der Waals surface area contributed by atoms with E-state index in [0.29, 0.717) is 11.3 Å². The van der Waals surface area contributed by atoms with Crippen LogP contribution in [0.2, 0.25) is 0 Å². The Kier molecular flexibility index (Phi) is 4.04. The van der Waals surface area contributed by atoms with Gasteiger partial charge in [0.2, 0.25) is 0 Å². The minimum absolute atomic E-state index is 0.381. The fourth-order valence-corrected chi connectivity index (χ4v) is 0.944. The van der Waals surface area contributed by atoms with Gasteiger partial charge < -0.3 is 0 Å². The molecule has 0 heterocycles. The van der Waals surface area contributed by atoms with Crippen molar-refractivity contribution in [2.45, 2.75) is 33.6 Å². The Balaban J connectivity index is 3.76. The van der Waals surface area contributed by atoms with Crippen LogP contribution in [0.1, 0.15) is 33.6 Å². The molecule has 0 fully saturated rings. The molecule has 0 spiro atoms. The molecule has 0 aliphatic rings. The van der Waals surface area contributed by atoms with Crippen LogP contribution < -0.4 is 0 Å². The van der Waals surface area contributed by atoms with Crippen LogP contribution in [0.25, 0.3) is 0 Å². The van der Waals surface area contributed by atoms with Crippen LogP contribution in [-0.4, -0.2) is 5.88 Å². The predicted molar refractivity (Wildman–Crippen MR) is 48.5 cm³/mol. The molecule has 0 atom stereocenters. The molecular formula is C9H17Cl. The molecule has 0 aliphatic heterocycles. The SMILES string of the molecule is C=C(CCl)CC(C)(C)CC. The van der Waals surface area contributed by atoms with Crippen LogP contribution in [0, 0.1) is 5.41 Å². The first-order valence-corrected chi connectivity index (χ1v) is 4.28. The summed E-state index contributed by atoms with van der Waals surface area (Å²) in [6.07, 6.45) is 2.23. The molecule has 0 saturated heterocycles. The van der Waals surface area contributed by atoms with Crippen LogP contribution in [-0.2, 0) is 0 Å². The van der Waals surface area contributed by atoms with E-state index >= 15 is 0 Å². The molecule has 0 rings (SSSR count). The lowest BCUT2D eigenvalue weighted by Gasteiger charge is -2.22. The molecule has 0 nitrogen and oxygen atoms in total. The summed E-state index contributed by atoms with van der Waals surface area (Å²) in [6.45, 7) is 10.6. The third kappa shape index (κ3) is 3.94. The van der Waals surface area contributed by atoms with Crippen molar-refractivity contribution in [2.75, 3.05) is 5.88 Å². The maximum absolute atomic E-state index is 5.62. The standard InChI is InChI=1S/C9H17Cl/c1-5-9(3,4)6-8(2)7-10/h2,5-7H2,1,3-4H3. The highest BCUT2D eigenvalue weighted by molar-refractivity contribution is 6.19. The average Bonchev–Trinajstić information content (AvgIpc) is 1.87. The predicted octanol–water partition coefficient (Wildman–Crippen LogP) is 3.61. The summed E-state index contributed by atoms with van der Waals surface area (Å²) >= 11 is 5.62. The van der Waals surface area contributed by atoms with Gasteiger partial charge in [-0.25, -0.2) is 0 Å². The van der Waals surface area contributed by atoms with Gasteiger partial charge in [-0.15, -0.1) is 11.6 Å². The van der Waals surface area contributed by atoms with Crippen LogP contribution in [0.3, 0.4) is 0 Å². The number of hydrogen-bond acceptors (Lipinski definition) is 0. The van der Waals surface area contributed by atoms with Gasteiger partial charge in [0.05, 0.1) is 0 Å². The second-order valence-electron chi connectivity index (χ2n) is 3.58. The van der Waals surface area contributed by atoms with E-state index in [9.17, 15) is 0 Å². The van der Waals surface area contributed by atoms with E-state index in [1.54, 1.807) is 0 Å². The van der Waals surface area contributed by atoms with E-state index < -0.39 is 0 Å². The van der Waals surface area contributed by atoms with Crippen molar-refractivity contribution in [1.82, 2.24) is 0 Å². The van der Waals surface area contributed by atoms with Crippen LogP contribution in [0.15, 0.2) is 12.2 Å². The zero-order valence-electron chi connectivity index (χ0n) is 7.21. The molecule has 1 heteroatoms. The van der Waals surface area contributed by atoms with Crippen LogP contribution >= 0.6 is 11.6 Å². The number of allylic oxidation sites excluding steroid dienone is 1. The van der Waals surface area contributed by atoms with Gasteiger partial charge in [0.25, 0.3) is 0 Å². The van der Waals surface area contributed by atoms with Gasteiger partial charge in [0, 0.05) is 5.88 Å². The third-order valence-electron chi connectivity index (χ3n) is 1.87. The Morgan fingerprint density at radius 3 is 2.30 bits per heavy atom. The molecule has 0 radical (unpaired) electrons. The molecule has 0 saturated carbocycles. The second-order valence-corrected chi connectivity index (χ2v) is 3.85. The number of halogens is 1. The van der Waals surface area contributed by atoms with Crippen LogP contribution in [0.4, 0.5) is 0 Å². The Morgan fingerprint density at radius 1 is 1.50 bits per heavy atom. The smallest absolute Gasteiger partial charge is 0.0431 e. The summed E-state index contributed by atoms with van der Waals surface area (Å²) in [5, 5.41) is 0. The fourth-order valence-electron chi connectivity index (χ4n) is 0.849. The van der Waals surface area contributed by atoms with Gasteiger partial charge in [0.15, 0.2) is 0 Å². The molecule has 0 unspecified atom stereocenters. The molecule has 0 N–H and O–H groups in total. The van der Waals surface area contributed by atoms with Crippen molar-refractivity contribution in [3.63, 3.8) is 0 Å². The summed E-state index contributed by atoms with van der Waals surface area (Å²) < 4.78 is 0. The van der Waals surface area contributed by atoms with Crippen molar-refractivity contribution in [3.8, 4) is 0 Å². The Morgan fingerprint density at radius 2 is 2.00 bits per heavy atom. The maximum Gasteiger partial charge on any atom is 0.0431 e. The molecule has 60 valence electrons. The first kappa shape index (κ1) is 10.0. The highest BCUT2D eigenvalue weighted by Gasteiger charge is 2.15. The highest BCUT2D eigenvalue weighted by atomic mass is 35.5. The normalized spacial score (nSPS) is 11.6. The number of alkyl halides is 1. The van der Waals surface area contributed by atoms with Gasteiger partial charge >= 0.3 is 0 Å². The lowest BCUT2D eigenvalue weighted by molar-refractivity contribution is 0.349. The van der Waals surface area contributed by atoms with E-state index in [4.69, 9.17) is 11.6 Å². The lowest BCUT2D eigenvalue weighted by atomic mass is 9.84. The first-order valence-electron chi connectivity index (χ1n) is 3.74. The Hall–Kier alpha value is 0.0300. The molecule has 0 aliphatic carbocycles. The van der Waals surface area contributed by atoms with Crippen LogP contribution in [0.5, 0.6) is 0 Å². The summed E-state index contributed by atoms with van der Waals surface area (Å²) in [5.74, 6) is 0.601. The largest absolute Gasteiger partial charge is 0.122 e. The van der Waals surface area contributed by atoms with E-state index in [1.165, 1.54) is 6.42 Å². The molecule has 0 amide bonds. The Bertz CT molecular complexity index is 114. The molecular weight excluding hydrogens is 144 g/mol. The quantitative estimate of drug-likeness (QED) is 0.436. The monoisotopic (exact) mass is 160 g/mol. The fraction of sp³-hybridized carbons (Fsp3) is 0.778. The highest BCUT2D eigenvalue weighted by Crippen LogP contribution is 2.28. The summed E-state index contributed by atoms with van der Waals surface area (Å²) in [5.41, 5.74) is 1.53. The average molecular weight is 161 g/mol. The van der Waals surface area contributed by atoms with Gasteiger partial charge in [0.1, 0.15) is 0 Å². The van der Waals surface area contributed by atoms with Crippen molar-refractivity contribution >= 4 is 11.6 Å². The van der Waals surface area contributed by atoms with Gasteiger partial charge in [-0.2, -0.15) is 0 Å². The van der Waals surface area contributed by atoms with Gasteiger partial charge in [-0.1, -0.05) is 39.3 Å². The summed E-state index contributed by atoms with van der Waals surface area (Å²) in [6, 6.07) is 0. The number of rotatable bonds is 4. The van der Waals surface area contributed by atoms with Gasteiger partial charge in [-0.05, 0) is 11.8 Å². The lowest BCUT2D eigenvalue weighted by Crippen LogP contribution is -2.10. The third-order valence-corrected chi connectivity index (χ3v) is 2.25. The minimum atomic E-state index is 0.381. The molecule has 0 aromatic rings. The van der Waals surface area contributed by atoms with E-state index in [1.807, 2.05) is 0 Å². The minimum Gasteiger partial charge on any atom is -0.122 e. The van der Waals surface area contributed by atoms with E-state index in [0.717, 1.165) is 12.0 Å². The van der Waals surface area contributed by atoms with E-state index in [2.05, 4.69) is 27.4 Å². The summed E-state index contributed by atoms with van der Waals surface area (Å²) in [7, 11) is 0. The zero-order chi connectivity index (χ0) is 8.20. The van der Waals surface area contributed by atoms with Crippen molar-refractivity contribution in [1.29, 1.82) is 0 Å². The zero-order valence-corrected chi connectivity index (χ0v) is 7.96.